The largest absolute Gasteiger partial charge is 0.465 e. The molecule has 4 nitrogen and oxygen atoms in total. The molecule has 1 aromatic rings. The topological polar surface area (TPSA) is 43.8 Å². The SMILES string of the molecule is CN1C(C(C)(C)C)c2ccccc2C12CCN(C(=O)O)CC2. The van der Waals surface area contributed by atoms with E-state index >= 15 is 0 Å². The third-order valence-corrected chi connectivity index (χ3v) is 5.50. The number of carboxylic acid groups (broad SMARTS) is 1. The fourth-order valence-corrected chi connectivity index (χ4v) is 4.54. The molecule has 1 aromatic carbocycles. The number of carbonyl (C=O) groups is 1. The summed E-state index contributed by atoms with van der Waals surface area (Å²) in [5, 5.41) is 9.22. The first-order chi connectivity index (χ1) is 10.3. The van der Waals surface area contributed by atoms with Gasteiger partial charge in [0.25, 0.3) is 0 Å². The summed E-state index contributed by atoms with van der Waals surface area (Å²) in [6.45, 7) is 8.10. The van der Waals surface area contributed by atoms with Gasteiger partial charge in [0.05, 0.1) is 5.54 Å². The van der Waals surface area contributed by atoms with E-state index in [1.165, 1.54) is 11.1 Å². The molecule has 1 fully saturated rings. The monoisotopic (exact) mass is 302 g/mol. The maximum absolute atomic E-state index is 11.2. The van der Waals surface area contributed by atoms with Crippen molar-refractivity contribution < 1.29 is 9.90 Å². The normalized spacial score (nSPS) is 24.5. The molecular formula is C18H26N2O2. The lowest BCUT2D eigenvalue weighted by Crippen LogP contribution is -2.51. The molecule has 0 aliphatic carbocycles. The van der Waals surface area contributed by atoms with Crippen LogP contribution in [0.4, 0.5) is 4.79 Å². The van der Waals surface area contributed by atoms with Crippen LogP contribution in [0.15, 0.2) is 24.3 Å². The summed E-state index contributed by atoms with van der Waals surface area (Å²) in [5.74, 6) is 0. The Balaban J connectivity index is 2.01. The van der Waals surface area contributed by atoms with Crippen molar-refractivity contribution in [2.45, 2.75) is 45.2 Å². The van der Waals surface area contributed by atoms with E-state index in [9.17, 15) is 9.90 Å². The van der Waals surface area contributed by atoms with Crippen molar-refractivity contribution in [3.8, 4) is 0 Å². The first-order valence-corrected chi connectivity index (χ1v) is 8.07. The Bertz CT molecular complexity index is 583. The van der Waals surface area contributed by atoms with Crippen LogP contribution in [0.5, 0.6) is 0 Å². The number of benzene rings is 1. The molecule has 4 heteroatoms. The van der Waals surface area contributed by atoms with Gasteiger partial charge in [0.1, 0.15) is 0 Å². The van der Waals surface area contributed by atoms with Gasteiger partial charge in [-0.3, -0.25) is 4.90 Å². The van der Waals surface area contributed by atoms with Crippen molar-refractivity contribution in [1.29, 1.82) is 0 Å². The number of piperidine rings is 1. The molecule has 0 radical (unpaired) electrons. The van der Waals surface area contributed by atoms with Crippen molar-refractivity contribution >= 4 is 6.09 Å². The number of hydrogen-bond donors (Lipinski definition) is 1. The molecule has 1 N–H and O–H groups in total. The zero-order valence-electron chi connectivity index (χ0n) is 14.0. The van der Waals surface area contributed by atoms with E-state index in [-0.39, 0.29) is 11.0 Å². The second-order valence-electron chi connectivity index (χ2n) is 7.77. The van der Waals surface area contributed by atoms with Gasteiger partial charge in [0.15, 0.2) is 0 Å². The summed E-state index contributed by atoms with van der Waals surface area (Å²) in [7, 11) is 2.21. The van der Waals surface area contributed by atoms with Gasteiger partial charge >= 0.3 is 6.09 Å². The molecule has 2 heterocycles. The predicted octanol–water partition coefficient (Wildman–Crippen LogP) is 3.69. The van der Waals surface area contributed by atoms with Crippen molar-refractivity contribution in [3.63, 3.8) is 0 Å². The fraction of sp³-hybridized carbons (Fsp3) is 0.611. The summed E-state index contributed by atoms with van der Waals surface area (Å²) < 4.78 is 0. The third-order valence-electron chi connectivity index (χ3n) is 5.50. The highest BCUT2D eigenvalue weighted by atomic mass is 16.4. The molecule has 1 amide bonds. The summed E-state index contributed by atoms with van der Waals surface area (Å²) in [6.07, 6.45) is 0.954. The van der Waals surface area contributed by atoms with Crippen molar-refractivity contribution in [2.24, 2.45) is 5.41 Å². The van der Waals surface area contributed by atoms with E-state index in [0.717, 1.165) is 12.8 Å². The fourth-order valence-electron chi connectivity index (χ4n) is 4.54. The summed E-state index contributed by atoms with van der Waals surface area (Å²) in [6, 6.07) is 9.11. The van der Waals surface area contributed by atoms with Gasteiger partial charge in [0.2, 0.25) is 0 Å². The second kappa shape index (κ2) is 4.98. The highest BCUT2D eigenvalue weighted by Gasteiger charge is 2.52. The first kappa shape index (κ1) is 15.3. The van der Waals surface area contributed by atoms with Crippen LogP contribution in [0.1, 0.15) is 50.8 Å². The summed E-state index contributed by atoms with van der Waals surface area (Å²) in [5.41, 5.74) is 2.96. The number of rotatable bonds is 0. The Labute approximate surface area is 132 Å². The van der Waals surface area contributed by atoms with Crippen LogP contribution in [0.2, 0.25) is 0 Å². The number of likely N-dealkylation sites (tertiary alicyclic amines) is 1. The Morgan fingerprint density at radius 1 is 1.23 bits per heavy atom. The number of amides is 1. The molecule has 22 heavy (non-hydrogen) atoms. The molecule has 3 rings (SSSR count). The average Bonchev–Trinajstić information content (AvgIpc) is 2.69. The van der Waals surface area contributed by atoms with Crippen LogP contribution in [0, 0.1) is 5.41 Å². The van der Waals surface area contributed by atoms with Crippen molar-refractivity contribution in [1.82, 2.24) is 9.80 Å². The third kappa shape index (κ3) is 2.12. The predicted molar refractivity (Wildman–Crippen MR) is 86.9 cm³/mol. The minimum atomic E-state index is -0.795. The minimum Gasteiger partial charge on any atom is -0.465 e. The van der Waals surface area contributed by atoms with Crippen LogP contribution >= 0.6 is 0 Å². The Kier molecular flexibility index (Phi) is 3.48. The quantitative estimate of drug-likeness (QED) is 0.795. The molecule has 1 saturated heterocycles. The van der Waals surface area contributed by atoms with Gasteiger partial charge in [-0.15, -0.1) is 0 Å². The molecule has 0 bridgehead atoms. The van der Waals surface area contributed by atoms with Gasteiger partial charge in [-0.25, -0.2) is 4.79 Å². The number of hydrogen-bond acceptors (Lipinski definition) is 2. The first-order valence-electron chi connectivity index (χ1n) is 8.07. The molecule has 0 aromatic heterocycles. The van der Waals surface area contributed by atoms with Gasteiger partial charge in [-0.1, -0.05) is 45.0 Å². The van der Waals surface area contributed by atoms with Gasteiger partial charge < -0.3 is 10.0 Å². The van der Waals surface area contributed by atoms with Gasteiger partial charge in [0, 0.05) is 19.1 Å². The standard InChI is InChI=1S/C18H26N2O2/c1-17(2,3)15-13-7-5-6-8-14(13)18(19(15)4)9-11-20(12-10-18)16(21)22/h5-8,15H,9-12H2,1-4H3,(H,21,22). The molecule has 1 unspecified atom stereocenters. The lowest BCUT2D eigenvalue weighted by Gasteiger charge is -2.47. The van der Waals surface area contributed by atoms with E-state index in [0.29, 0.717) is 19.1 Å². The molecule has 1 spiro atoms. The van der Waals surface area contributed by atoms with Crippen molar-refractivity contribution in [2.75, 3.05) is 20.1 Å². The van der Waals surface area contributed by atoms with E-state index < -0.39 is 6.09 Å². The van der Waals surface area contributed by atoms with Crippen molar-refractivity contribution in [3.05, 3.63) is 35.4 Å². The van der Waals surface area contributed by atoms with Gasteiger partial charge in [-0.2, -0.15) is 0 Å². The van der Waals surface area contributed by atoms with E-state index in [1.807, 2.05) is 0 Å². The minimum absolute atomic E-state index is 0.0134. The zero-order valence-corrected chi connectivity index (χ0v) is 14.0. The summed E-state index contributed by atoms with van der Waals surface area (Å²) in [4.78, 5) is 15.3. The van der Waals surface area contributed by atoms with Crippen LogP contribution < -0.4 is 0 Å². The van der Waals surface area contributed by atoms with Crippen LogP contribution in [0.3, 0.4) is 0 Å². The van der Waals surface area contributed by atoms with Gasteiger partial charge in [-0.05, 0) is 36.4 Å². The van der Waals surface area contributed by atoms with Crippen LogP contribution in [-0.4, -0.2) is 41.1 Å². The molecule has 2 aliphatic heterocycles. The number of fused-ring (bicyclic) bond motifs is 2. The molecule has 120 valence electrons. The Hall–Kier alpha value is -1.55. The molecule has 2 aliphatic rings. The maximum atomic E-state index is 11.2. The molecule has 0 saturated carbocycles. The molecule has 1 atom stereocenters. The maximum Gasteiger partial charge on any atom is 0.407 e. The van der Waals surface area contributed by atoms with Crippen LogP contribution in [-0.2, 0) is 5.54 Å². The Morgan fingerprint density at radius 3 is 2.36 bits per heavy atom. The molecular weight excluding hydrogens is 276 g/mol. The lowest BCUT2D eigenvalue weighted by molar-refractivity contribution is -0.00183. The van der Waals surface area contributed by atoms with E-state index in [1.54, 1.807) is 4.90 Å². The average molecular weight is 302 g/mol. The highest BCUT2D eigenvalue weighted by Crippen LogP contribution is 2.55. The van der Waals surface area contributed by atoms with E-state index in [2.05, 4.69) is 57.0 Å². The highest BCUT2D eigenvalue weighted by molar-refractivity contribution is 5.65. The smallest absolute Gasteiger partial charge is 0.407 e. The van der Waals surface area contributed by atoms with Crippen LogP contribution in [0.25, 0.3) is 0 Å². The summed E-state index contributed by atoms with van der Waals surface area (Å²) >= 11 is 0. The number of nitrogens with zero attached hydrogens (tertiary/aromatic N) is 2. The van der Waals surface area contributed by atoms with E-state index in [4.69, 9.17) is 0 Å². The lowest BCUT2D eigenvalue weighted by atomic mass is 9.80. The Morgan fingerprint density at radius 2 is 1.82 bits per heavy atom. The second-order valence-corrected chi connectivity index (χ2v) is 7.77. The zero-order chi connectivity index (χ0) is 16.1.